The minimum absolute atomic E-state index is 0.0593. The van der Waals surface area contributed by atoms with Gasteiger partial charge in [0.1, 0.15) is 17.2 Å². The zero-order valence-corrected chi connectivity index (χ0v) is 15.5. The van der Waals surface area contributed by atoms with Crippen LogP contribution in [0.1, 0.15) is 40.5 Å². The highest BCUT2D eigenvalue weighted by atomic mass is 35.5. The van der Waals surface area contributed by atoms with Crippen LogP contribution in [0, 0.1) is 11.2 Å². The maximum absolute atomic E-state index is 13.1. The predicted molar refractivity (Wildman–Crippen MR) is 92.1 cm³/mol. The van der Waals surface area contributed by atoms with Crippen LogP contribution in [0.2, 0.25) is 5.02 Å². The van der Waals surface area contributed by atoms with Crippen molar-refractivity contribution in [3.8, 4) is 5.75 Å². The van der Waals surface area contributed by atoms with E-state index in [4.69, 9.17) is 21.1 Å². The van der Waals surface area contributed by atoms with E-state index >= 15 is 0 Å². The number of amides is 1. The van der Waals surface area contributed by atoms with Gasteiger partial charge in [-0.3, -0.25) is 0 Å². The van der Waals surface area contributed by atoms with E-state index in [2.05, 4.69) is 6.92 Å². The second-order valence-electron chi connectivity index (χ2n) is 7.64. The number of rotatable bonds is 3. The summed E-state index contributed by atoms with van der Waals surface area (Å²) in [5.74, 6) is 0.0955. The molecule has 6 heteroatoms. The molecule has 24 heavy (non-hydrogen) atoms. The van der Waals surface area contributed by atoms with E-state index in [-0.39, 0.29) is 22.3 Å². The zero-order valence-electron chi connectivity index (χ0n) is 14.7. The molecule has 1 aromatic carbocycles. The standard InChI is InChI=1S/C18H25ClFNO3/c1-17(2,3)24-16(22)21-9-7-18(4,8-10-21)12-23-15-6-5-13(20)11-14(15)19/h5-6,11H,7-10,12H2,1-4H3. The molecule has 1 aromatic rings. The lowest BCUT2D eigenvalue weighted by Gasteiger charge is -2.39. The number of piperidine rings is 1. The topological polar surface area (TPSA) is 38.8 Å². The second kappa shape index (κ2) is 7.18. The van der Waals surface area contributed by atoms with Gasteiger partial charge < -0.3 is 14.4 Å². The number of hydrogen-bond donors (Lipinski definition) is 0. The molecule has 1 amide bonds. The molecule has 0 atom stereocenters. The molecule has 0 aliphatic carbocycles. The fraction of sp³-hybridized carbons (Fsp3) is 0.611. The zero-order chi connectivity index (χ0) is 18.0. The first-order chi connectivity index (χ1) is 11.1. The first kappa shape index (κ1) is 18.8. The fourth-order valence-corrected chi connectivity index (χ4v) is 2.77. The van der Waals surface area contributed by atoms with Crippen LogP contribution in [0.4, 0.5) is 9.18 Å². The fourth-order valence-electron chi connectivity index (χ4n) is 2.54. The van der Waals surface area contributed by atoms with E-state index < -0.39 is 5.60 Å². The molecule has 0 bridgehead atoms. The predicted octanol–water partition coefficient (Wildman–Crippen LogP) is 4.90. The largest absolute Gasteiger partial charge is 0.491 e. The highest BCUT2D eigenvalue weighted by Crippen LogP contribution is 2.34. The van der Waals surface area contributed by atoms with Gasteiger partial charge in [0, 0.05) is 18.5 Å². The Balaban J connectivity index is 1.87. The maximum Gasteiger partial charge on any atom is 0.410 e. The Morgan fingerprint density at radius 2 is 1.96 bits per heavy atom. The van der Waals surface area contributed by atoms with Crippen molar-refractivity contribution in [2.45, 2.75) is 46.1 Å². The third-order valence-corrected chi connectivity index (χ3v) is 4.39. The van der Waals surface area contributed by atoms with Gasteiger partial charge in [-0.15, -0.1) is 0 Å². The summed E-state index contributed by atoms with van der Waals surface area (Å²) in [5, 5.41) is 0.268. The Kier molecular flexibility index (Phi) is 5.63. The van der Waals surface area contributed by atoms with E-state index in [1.165, 1.54) is 18.2 Å². The summed E-state index contributed by atoms with van der Waals surface area (Å²) in [4.78, 5) is 13.8. The van der Waals surface area contributed by atoms with Crippen LogP contribution in [0.3, 0.4) is 0 Å². The molecular formula is C18H25ClFNO3. The summed E-state index contributed by atoms with van der Waals surface area (Å²) >= 11 is 5.98. The van der Waals surface area contributed by atoms with Gasteiger partial charge in [-0.25, -0.2) is 9.18 Å². The quantitative estimate of drug-likeness (QED) is 0.772. The van der Waals surface area contributed by atoms with Crippen LogP contribution in [-0.2, 0) is 4.74 Å². The maximum atomic E-state index is 13.1. The molecule has 1 fully saturated rings. The molecule has 0 radical (unpaired) electrons. The molecule has 0 spiro atoms. The van der Waals surface area contributed by atoms with Crippen molar-refractivity contribution < 1.29 is 18.7 Å². The summed E-state index contributed by atoms with van der Waals surface area (Å²) in [6.07, 6.45) is 1.35. The molecule has 1 heterocycles. The molecule has 1 aliphatic rings. The van der Waals surface area contributed by atoms with Crippen molar-refractivity contribution in [3.05, 3.63) is 29.0 Å². The van der Waals surface area contributed by atoms with Crippen molar-refractivity contribution in [2.75, 3.05) is 19.7 Å². The molecule has 0 saturated carbocycles. The Bertz CT molecular complexity index is 592. The van der Waals surface area contributed by atoms with Gasteiger partial charge in [0.05, 0.1) is 11.6 Å². The van der Waals surface area contributed by atoms with Crippen LogP contribution in [0.5, 0.6) is 5.75 Å². The number of carbonyl (C=O) groups excluding carboxylic acids is 1. The Morgan fingerprint density at radius 1 is 1.33 bits per heavy atom. The van der Waals surface area contributed by atoms with Gasteiger partial charge >= 0.3 is 6.09 Å². The Hall–Kier alpha value is -1.49. The third kappa shape index (κ3) is 5.26. The number of benzene rings is 1. The number of likely N-dealkylation sites (tertiary alicyclic amines) is 1. The number of hydrogen-bond acceptors (Lipinski definition) is 3. The van der Waals surface area contributed by atoms with Crippen LogP contribution in [0.15, 0.2) is 18.2 Å². The first-order valence-electron chi connectivity index (χ1n) is 8.14. The van der Waals surface area contributed by atoms with Gasteiger partial charge in [-0.2, -0.15) is 0 Å². The number of carbonyl (C=O) groups is 1. The Morgan fingerprint density at radius 3 is 2.50 bits per heavy atom. The lowest BCUT2D eigenvalue weighted by atomic mass is 9.81. The number of nitrogens with zero attached hydrogens (tertiary/aromatic N) is 1. The molecule has 1 aliphatic heterocycles. The molecule has 0 unspecified atom stereocenters. The van der Waals surface area contributed by atoms with E-state index in [1.807, 2.05) is 20.8 Å². The number of ether oxygens (including phenoxy) is 2. The van der Waals surface area contributed by atoms with Crippen molar-refractivity contribution in [1.29, 1.82) is 0 Å². The van der Waals surface area contributed by atoms with E-state index in [1.54, 1.807) is 4.90 Å². The summed E-state index contributed by atoms with van der Waals surface area (Å²) in [7, 11) is 0. The molecule has 0 N–H and O–H groups in total. The highest BCUT2D eigenvalue weighted by molar-refractivity contribution is 6.32. The van der Waals surface area contributed by atoms with Crippen molar-refractivity contribution in [2.24, 2.45) is 5.41 Å². The molecule has 4 nitrogen and oxygen atoms in total. The first-order valence-corrected chi connectivity index (χ1v) is 8.52. The molecule has 2 rings (SSSR count). The van der Waals surface area contributed by atoms with E-state index in [0.29, 0.717) is 25.4 Å². The summed E-state index contributed by atoms with van der Waals surface area (Å²) in [6, 6.07) is 4.11. The van der Waals surface area contributed by atoms with Gasteiger partial charge in [-0.1, -0.05) is 18.5 Å². The average molecular weight is 358 g/mol. The molecular weight excluding hydrogens is 333 g/mol. The van der Waals surface area contributed by atoms with Crippen LogP contribution in [-0.4, -0.2) is 36.3 Å². The van der Waals surface area contributed by atoms with Gasteiger partial charge in [0.25, 0.3) is 0 Å². The lowest BCUT2D eigenvalue weighted by molar-refractivity contribution is 0.00595. The third-order valence-electron chi connectivity index (χ3n) is 4.09. The summed E-state index contributed by atoms with van der Waals surface area (Å²) in [6.45, 7) is 9.44. The van der Waals surface area contributed by atoms with Crippen LogP contribution >= 0.6 is 11.6 Å². The van der Waals surface area contributed by atoms with Crippen molar-refractivity contribution in [3.63, 3.8) is 0 Å². The summed E-state index contributed by atoms with van der Waals surface area (Å²) in [5.41, 5.74) is -0.545. The van der Waals surface area contributed by atoms with E-state index in [9.17, 15) is 9.18 Å². The van der Waals surface area contributed by atoms with Gasteiger partial charge in [0.2, 0.25) is 0 Å². The monoisotopic (exact) mass is 357 g/mol. The summed E-state index contributed by atoms with van der Waals surface area (Å²) < 4.78 is 24.2. The van der Waals surface area contributed by atoms with Crippen molar-refractivity contribution >= 4 is 17.7 Å². The average Bonchev–Trinajstić information content (AvgIpc) is 2.45. The minimum Gasteiger partial charge on any atom is -0.491 e. The smallest absolute Gasteiger partial charge is 0.410 e. The normalized spacial score (nSPS) is 17.5. The van der Waals surface area contributed by atoms with E-state index in [0.717, 1.165) is 12.8 Å². The second-order valence-corrected chi connectivity index (χ2v) is 8.05. The lowest BCUT2D eigenvalue weighted by Crippen LogP contribution is -2.46. The molecule has 0 aromatic heterocycles. The SMILES string of the molecule is CC1(COc2ccc(F)cc2Cl)CCN(C(=O)OC(C)(C)C)CC1. The van der Waals surface area contributed by atoms with Gasteiger partial charge in [-0.05, 0) is 51.8 Å². The van der Waals surface area contributed by atoms with Gasteiger partial charge in [0.15, 0.2) is 0 Å². The highest BCUT2D eigenvalue weighted by Gasteiger charge is 2.34. The van der Waals surface area contributed by atoms with Crippen LogP contribution < -0.4 is 4.74 Å². The number of halogens is 2. The van der Waals surface area contributed by atoms with Crippen molar-refractivity contribution in [1.82, 2.24) is 4.90 Å². The van der Waals surface area contributed by atoms with Crippen LogP contribution in [0.25, 0.3) is 0 Å². The molecule has 1 saturated heterocycles. The minimum atomic E-state index is -0.486. The Labute approximate surface area is 147 Å². The molecule has 134 valence electrons.